The second-order valence-corrected chi connectivity index (χ2v) is 4.17. The summed E-state index contributed by atoms with van der Waals surface area (Å²) in [5.74, 6) is -0.337. The van der Waals surface area contributed by atoms with E-state index in [1.54, 1.807) is 24.3 Å². The Hall–Kier alpha value is -2.82. The number of rotatable bonds is 2. The van der Waals surface area contributed by atoms with E-state index in [2.05, 4.69) is 0 Å². The molecule has 92 valence electrons. The minimum Gasteiger partial charge on any atom is -0.298 e. The standard InChI is InChI=1S/C14H7NO4/c16-7-8-5-6-11(15(18)19)13-9-3-1-2-4-10(9)14(17)12(8)13/h1-7H. The van der Waals surface area contributed by atoms with Crippen LogP contribution in [0.1, 0.15) is 26.3 Å². The van der Waals surface area contributed by atoms with Crippen LogP contribution < -0.4 is 0 Å². The second-order valence-electron chi connectivity index (χ2n) is 4.17. The number of carbonyl (C=O) groups excluding carboxylic acids is 2. The van der Waals surface area contributed by atoms with Crippen LogP contribution in [-0.2, 0) is 0 Å². The van der Waals surface area contributed by atoms with Gasteiger partial charge in [0.15, 0.2) is 12.1 Å². The Labute approximate surface area is 107 Å². The molecule has 0 N–H and O–H groups in total. The number of hydrogen-bond acceptors (Lipinski definition) is 4. The maximum atomic E-state index is 12.3. The van der Waals surface area contributed by atoms with E-state index >= 15 is 0 Å². The number of carbonyl (C=O) groups is 2. The molecule has 2 aromatic rings. The molecule has 0 aromatic heterocycles. The molecule has 0 unspecified atom stereocenters. The lowest BCUT2D eigenvalue weighted by atomic mass is 10.00. The van der Waals surface area contributed by atoms with Gasteiger partial charge in [0.2, 0.25) is 0 Å². The van der Waals surface area contributed by atoms with Crippen LogP contribution in [0.4, 0.5) is 5.69 Å². The number of nitro groups is 1. The van der Waals surface area contributed by atoms with Gasteiger partial charge < -0.3 is 0 Å². The van der Waals surface area contributed by atoms with Gasteiger partial charge >= 0.3 is 0 Å². The number of benzene rings is 2. The summed E-state index contributed by atoms with van der Waals surface area (Å²) in [7, 11) is 0. The van der Waals surface area contributed by atoms with Crippen LogP contribution in [0.15, 0.2) is 36.4 Å². The minimum atomic E-state index is -0.539. The Morgan fingerprint density at radius 1 is 1.00 bits per heavy atom. The molecule has 5 nitrogen and oxygen atoms in total. The number of nitrogens with zero attached hydrogens (tertiary/aromatic N) is 1. The zero-order valence-electron chi connectivity index (χ0n) is 9.62. The van der Waals surface area contributed by atoms with E-state index in [1.165, 1.54) is 12.1 Å². The Morgan fingerprint density at radius 2 is 1.68 bits per heavy atom. The zero-order chi connectivity index (χ0) is 13.6. The van der Waals surface area contributed by atoms with Crippen molar-refractivity contribution in [3.63, 3.8) is 0 Å². The lowest BCUT2D eigenvalue weighted by Gasteiger charge is -2.03. The molecule has 0 fully saturated rings. The van der Waals surface area contributed by atoms with Crippen molar-refractivity contribution < 1.29 is 14.5 Å². The van der Waals surface area contributed by atoms with Gasteiger partial charge in [0.05, 0.1) is 10.5 Å². The summed E-state index contributed by atoms with van der Waals surface area (Å²) >= 11 is 0. The molecule has 0 radical (unpaired) electrons. The summed E-state index contributed by atoms with van der Waals surface area (Å²) in [4.78, 5) is 33.8. The molecular formula is C14H7NO4. The van der Waals surface area contributed by atoms with Crippen LogP contribution in [0.5, 0.6) is 0 Å². The third-order valence-electron chi connectivity index (χ3n) is 3.21. The molecule has 1 aliphatic rings. The van der Waals surface area contributed by atoms with Gasteiger partial charge in [-0.05, 0) is 6.07 Å². The predicted molar refractivity (Wildman–Crippen MR) is 67.4 cm³/mol. The van der Waals surface area contributed by atoms with Crippen molar-refractivity contribution >= 4 is 17.8 Å². The first-order valence-corrected chi connectivity index (χ1v) is 5.56. The van der Waals surface area contributed by atoms with Gasteiger partial charge in [-0.1, -0.05) is 24.3 Å². The summed E-state index contributed by atoms with van der Waals surface area (Å²) in [6.45, 7) is 0. The van der Waals surface area contributed by atoms with Crippen LogP contribution >= 0.6 is 0 Å². The van der Waals surface area contributed by atoms with Crippen molar-refractivity contribution in [2.45, 2.75) is 0 Å². The molecule has 0 atom stereocenters. The van der Waals surface area contributed by atoms with Gasteiger partial charge in [-0.2, -0.15) is 0 Å². The van der Waals surface area contributed by atoms with E-state index in [0.29, 0.717) is 17.4 Å². The van der Waals surface area contributed by atoms with Gasteiger partial charge in [-0.15, -0.1) is 0 Å². The van der Waals surface area contributed by atoms with E-state index in [0.717, 1.165) is 0 Å². The molecule has 0 saturated heterocycles. The quantitative estimate of drug-likeness (QED) is 0.399. The van der Waals surface area contributed by atoms with E-state index in [1.807, 2.05) is 0 Å². The maximum Gasteiger partial charge on any atom is 0.278 e. The van der Waals surface area contributed by atoms with Crippen LogP contribution in [0, 0.1) is 10.1 Å². The van der Waals surface area contributed by atoms with Crippen molar-refractivity contribution in [1.82, 2.24) is 0 Å². The van der Waals surface area contributed by atoms with Crippen LogP contribution in [-0.4, -0.2) is 17.0 Å². The second kappa shape index (κ2) is 3.84. The predicted octanol–water partition coefficient (Wildman–Crippen LogP) is 2.62. The third-order valence-corrected chi connectivity index (χ3v) is 3.21. The van der Waals surface area contributed by atoms with Crippen molar-refractivity contribution in [2.75, 3.05) is 0 Å². The molecule has 19 heavy (non-hydrogen) atoms. The van der Waals surface area contributed by atoms with Crippen molar-refractivity contribution in [3.05, 3.63) is 63.2 Å². The van der Waals surface area contributed by atoms with Crippen molar-refractivity contribution in [2.24, 2.45) is 0 Å². The lowest BCUT2D eigenvalue weighted by Crippen LogP contribution is -2.01. The van der Waals surface area contributed by atoms with Gasteiger partial charge in [0.1, 0.15) is 0 Å². The smallest absolute Gasteiger partial charge is 0.278 e. The Morgan fingerprint density at radius 3 is 2.32 bits per heavy atom. The summed E-state index contributed by atoms with van der Waals surface area (Å²) in [5.41, 5.74) is 1.31. The fourth-order valence-electron chi connectivity index (χ4n) is 2.41. The topological polar surface area (TPSA) is 77.3 Å². The number of fused-ring (bicyclic) bond motifs is 3. The molecule has 2 aromatic carbocycles. The minimum absolute atomic E-state index is 0.130. The van der Waals surface area contributed by atoms with Crippen molar-refractivity contribution in [1.29, 1.82) is 0 Å². The molecule has 1 aliphatic carbocycles. The number of nitro benzene ring substituents is 1. The van der Waals surface area contributed by atoms with Gasteiger partial charge in [-0.25, -0.2) is 0 Å². The molecule has 0 saturated carbocycles. The monoisotopic (exact) mass is 253 g/mol. The van der Waals surface area contributed by atoms with E-state index in [4.69, 9.17) is 0 Å². The average Bonchev–Trinajstić information content (AvgIpc) is 2.73. The van der Waals surface area contributed by atoms with Gasteiger partial charge in [0.25, 0.3) is 5.69 Å². The maximum absolute atomic E-state index is 12.3. The Balaban J connectivity index is 2.46. The largest absolute Gasteiger partial charge is 0.298 e. The molecule has 3 rings (SSSR count). The van der Waals surface area contributed by atoms with E-state index in [-0.39, 0.29) is 28.2 Å². The van der Waals surface area contributed by atoms with Crippen LogP contribution in [0.3, 0.4) is 0 Å². The van der Waals surface area contributed by atoms with Gasteiger partial charge in [0, 0.05) is 28.3 Å². The van der Waals surface area contributed by atoms with Gasteiger partial charge in [-0.3, -0.25) is 19.7 Å². The SMILES string of the molecule is O=Cc1ccc([N+](=O)[O-])c2c1C(=O)c1ccccc1-2. The fourth-order valence-corrected chi connectivity index (χ4v) is 2.41. The highest BCUT2D eigenvalue weighted by Gasteiger charge is 2.34. The highest BCUT2D eigenvalue weighted by molar-refractivity contribution is 6.25. The molecule has 0 amide bonds. The van der Waals surface area contributed by atoms with Crippen LogP contribution in [0.2, 0.25) is 0 Å². The molecular weight excluding hydrogens is 246 g/mol. The first-order valence-electron chi connectivity index (χ1n) is 5.56. The van der Waals surface area contributed by atoms with Crippen molar-refractivity contribution in [3.8, 4) is 11.1 Å². The summed E-state index contributed by atoms with van der Waals surface area (Å²) in [5, 5.41) is 11.1. The van der Waals surface area contributed by atoms with E-state index in [9.17, 15) is 19.7 Å². The first-order chi connectivity index (χ1) is 9.15. The zero-order valence-corrected chi connectivity index (χ0v) is 9.62. The van der Waals surface area contributed by atoms with Crippen LogP contribution in [0.25, 0.3) is 11.1 Å². The average molecular weight is 253 g/mol. The normalized spacial score (nSPS) is 11.9. The summed E-state index contributed by atoms with van der Waals surface area (Å²) in [6.07, 6.45) is 0.548. The van der Waals surface area contributed by atoms with E-state index < -0.39 is 4.92 Å². The number of hydrogen-bond donors (Lipinski definition) is 0. The Bertz CT molecular complexity index is 749. The highest BCUT2D eigenvalue weighted by Crippen LogP contribution is 2.43. The summed E-state index contributed by atoms with van der Waals surface area (Å²) in [6, 6.07) is 9.23. The lowest BCUT2D eigenvalue weighted by molar-refractivity contribution is -0.384. The number of ketones is 1. The summed E-state index contributed by atoms with van der Waals surface area (Å²) < 4.78 is 0. The molecule has 0 bridgehead atoms. The third kappa shape index (κ3) is 1.41. The number of aldehydes is 1. The molecule has 5 heteroatoms. The molecule has 0 spiro atoms. The molecule has 0 aliphatic heterocycles. The fraction of sp³-hybridized carbons (Fsp3) is 0. The Kier molecular flexibility index (Phi) is 2.28. The highest BCUT2D eigenvalue weighted by atomic mass is 16.6. The molecule has 0 heterocycles. The first kappa shape index (κ1) is 11.3.